The van der Waals surface area contributed by atoms with E-state index in [0.29, 0.717) is 12.3 Å². The van der Waals surface area contributed by atoms with Crippen LogP contribution < -0.4 is 0 Å². The van der Waals surface area contributed by atoms with Gasteiger partial charge in [0.05, 0.1) is 6.10 Å². The van der Waals surface area contributed by atoms with E-state index in [2.05, 4.69) is 29.8 Å². The lowest BCUT2D eigenvalue weighted by Crippen LogP contribution is -2.37. The minimum atomic E-state index is -0.395. The van der Waals surface area contributed by atoms with Crippen molar-refractivity contribution in [3.8, 4) is 0 Å². The Kier molecular flexibility index (Phi) is 4.67. The van der Waals surface area contributed by atoms with E-state index < -0.39 is 6.10 Å². The highest BCUT2D eigenvalue weighted by atomic mass is 79.9. The quantitative estimate of drug-likeness (QED) is 0.852. The van der Waals surface area contributed by atoms with Gasteiger partial charge in [-0.1, -0.05) is 42.6 Å². The van der Waals surface area contributed by atoms with Crippen molar-refractivity contribution in [1.29, 1.82) is 0 Å². The van der Waals surface area contributed by atoms with Crippen molar-refractivity contribution in [1.82, 2.24) is 0 Å². The molecule has 0 saturated heterocycles. The number of rotatable bonds is 3. The van der Waals surface area contributed by atoms with Gasteiger partial charge in [-0.3, -0.25) is 0 Å². The summed E-state index contributed by atoms with van der Waals surface area (Å²) < 4.78 is 14.2. The average molecular weight is 329 g/mol. The van der Waals surface area contributed by atoms with E-state index >= 15 is 0 Å². The van der Waals surface area contributed by atoms with Crippen molar-refractivity contribution in [3.05, 3.63) is 34.1 Å². The molecule has 1 aliphatic rings. The Balaban J connectivity index is 2.11. The number of benzene rings is 1. The monoisotopic (exact) mass is 328 g/mol. The molecule has 2 rings (SSSR count). The highest BCUT2D eigenvalue weighted by Gasteiger charge is 2.36. The SMILES string of the molecule is CC1(C)CCCCC1C(O)Cc1cc(F)ccc1Br. The Labute approximate surface area is 123 Å². The minimum Gasteiger partial charge on any atom is -0.392 e. The summed E-state index contributed by atoms with van der Waals surface area (Å²) in [5.74, 6) is 0.0599. The third-order valence-corrected chi connectivity index (χ3v) is 5.26. The van der Waals surface area contributed by atoms with Crippen LogP contribution in [0.4, 0.5) is 4.39 Å². The van der Waals surface area contributed by atoms with Crippen LogP contribution in [0.25, 0.3) is 0 Å². The molecule has 1 aromatic rings. The molecule has 1 nitrogen and oxygen atoms in total. The normalized spacial score (nSPS) is 24.2. The summed E-state index contributed by atoms with van der Waals surface area (Å²) in [6.07, 6.45) is 4.80. The summed E-state index contributed by atoms with van der Waals surface area (Å²) in [4.78, 5) is 0. The fourth-order valence-corrected chi connectivity index (χ4v) is 3.71. The van der Waals surface area contributed by atoms with Gasteiger partial charge in [-0.15, -0.1) is 0 Å². The second-order valence-corrected chi connectivity index (χ2v) is 7.20. The third kappa shape index (κ3) is 3.57. The number of hydrogen-bond acceptors (Lipinski definition) is 1. The lowest BCUT2D eigenvalue weighted by molar-refractivity contribution is 0.00570. The first kappa shape index (κ1) is 15.0. The van der Waals surface area contributed by atoms with Crippen molar-refractivity contribution in [3.63, 3.8) is 0 Å². The first-order chi connectivity index (χ1) is 8.90. The zero-order chi connectivity index (χ0) is 14.0. The van der Waals surface area contributed by atoms with Crippen LogP contribution in [-0.4, -0.2) is 11.2 Å². The van der Waals surface area contributed by atoms with Crippen molar-refractivity contribution in [2.24, 2.45) is 11.3 Å². The summed E-state index contributed by atoms with van der Waals surface area (Å²) in [6, 6.07) is 4.66. The molecule has 0 radical (unpaired) electrons. The fourth-order valence-electron chi connectivity index (χ4n) is 3.30. The van der Waals surface area contributed by atoms with Gasteiger partial charge in [-0.2, -0.15) is 0 Å². The maximum absolute atomic E-state index is 13.3. The van der Waals surface area contributed by atoms with Crippen LogP contribution in [0, 0.1) is 17.2 Å². The highest BCUT2D eigenvalue weighted by molar-refractivity contribution is 9.10. The standard InChI is InChI=1S/C16H22BrFO/c1-16(2)8-4-3-5-13(16)15(19)10-11-9-12(18)6-7-14(11)17/h6-7,9,13,15,19H,3-5,8,10H2,1-2H3. The third-order valence-electron chi connectivity index (χ3n) is 4.49. The molecule has 0 spiro atoms. The Morgan fingerprint density at radius 1 is 1.42 bits per heavy atom. The zero-order valence-electron chi connectivity index (χ0n) is 11.6. The van der Waals surface area contributed by atoms with Gasteiger partial charge in [-0.25, -0.2) is 4.39 Å². The molecule has 2 unspecified atom stereocenters. The molecule has 1 N–H and O–H groups in total. The van der Waals surface area contributed by atoms with Gasteiger partial charge in [0.25, 0.3) is 0 Å². The van der Waals surface area contributed by atoms with Crippen molar-refractivity contribution in [2.75, 3.05) is 0 Å². The molecule has 1 aromatic carbocycles. The van der Waals surface area contributed by atoms with Crippen LogP contribution in [0.1, 0.15) is 45.1 Å². The Bertz CT molecular complexity index is 444. The number of hydrogen-bond donors (Lipinski definition) is 1. The molecule has 0 aliphatic heterocycles. The van der Waals surface area contributed by atoms with E-state index in [1.165, 1.54) is 31.4 Å². The molecule has 1 aliphatic carbocycles. The van der Waals surface area contributed by atoms with Gasteiger partial charge in [0.1, 0.15) is 5.82 Å². The second-order valence-electron chi connectivity index (χ2n) is 6.35. The Morgan fingerprint density at radius 3 is 2.84 bits per heavy atom. The van der Waals surface area contributed by atoms with Gasteiger partial charge in [0.2, 0.25) is 0 Å². The lowest BCUT2D eigenvalue weighted by atomic mass is 9.66. The topological polar surface area (TPSA) is 20.2 Å². The van der Waals surface area contributed by atoms with Gasteiger partial charge >= 0.3 is 0 Å². The Hall–Kier alpha value is -0.410. The fraction of sp³-hybridized carbons (Fsp3) is 0.625. The molecule has 2 atom stereocenters. The smallest absolute Gasteiger partial charge is 0.123 e. The predicted molar refractivity (Wildman–Crippen MR) is 79.5 cm³/mol. The van der Waals surface area contributed by atoms with E-state index in [0.717, 1.165) is 16.5 Å². The van der Waals surface area contributed by atoms with Crippen molar-refractivity contribution in [2.45, 2.75) is 52.1 Å². The molecular formula is C16H22BrFO. The molecule has 0 heterocycles. The molecule has 19 heavy (non-hydrogen) atoms. The first-order valence-corrected chi connectivity index (χ1v) is 7.81. The summed E-state index contributed by atoms with van der Waals surface area (Å²) >= 11 is 3.43. The maximum Gasteiger partial charge on any atom is 0.123 e. The number of aliphatic hydroxyl groups is 1. The largest absolute Gasteiger partial charge is 0.392 e. The van der Waals surface area contributed by atoms with Crippen LogP contribution in [0.2, 0.25) is 0 Å². The van der Waals surface area contributed by atoms with E-state index in [-0.39, 0.29) is 11.2 Å². The van der Waals surface area contributed by atoms with Crippen LogP contribution >= 0.6 is 15.9 Å². The molecule has 1 fully saturated rings. The molecule has 106 valence electrons. The average Bonchev–Trinajstić information content (AvgIpc) is 2.33. The van der Waals surface area contributed by atoms with Crippen molar-refractivity contribution >= 4 is 15.9 Å². The lowest BCUT2D eigenvalue weighted by Gasteiger charge is -2.41. The summed E-state index contributed by atoms with van der Waals surface area (Å²) in [6.45, 7) is 4.47. The second kappa shape index (κ2) is 5.92. The van der Waals surface area contributed by atoms with Crippen LogP contribution in [0.3, 0.4) is 0 Å². The van der Waals surface area contributed by atoms with Crippen molar-refractivity contribution < 1.29 is 9.50 Å². The van der Waals surface area contributed by atoms with Gasteiger partial charge in [0.15, 0.2) is 0 Å². The molecule has 0 amide bonds. The van der Waals surface area contributed by atoms with E-state index in [1.54, 1.807) is 6.07 Å². The number of aliphatic hydroxyl groups excluding tert-OH is 1. The van der Waals surface area contributed by atoms with Crippen LogP contribution in [0.5, 0.6) is 0 Å². The summed E-state index contributed by atoms with van der Waals surface area (Å²) in [5.41, 5.74) is 1.03. The molecule has 1 saturated carbocycles. The van der Waals surface area contributed by atoms with E-state index in [9.17, 15) is 9.50 Å². The van der Waals surface area contributed by atoms with Gasteiger partial charge in [0, 0.05) is 4.47 Å². The Morgan fingerprint density at radius 2 is 2.16 bits per heavy atom. The number of halogens is 2. The highest BCUT2D eigenvalue weighted by Crippen LogP contribution is 2.43. The molecule has 0 bridgehead atoms. The predicted octanol–water partition coefficient (Wildman–Crippen LogP) is 4.71. The molecule has 3 heteroatoms. The first-order valence-electron chi connectivity index (χ1n) is 7.02. The van der Waals surface area contributed by atoms with Gasteiger partial charge in [-0.05, 0) is 54.4 Å². The minimum absolute atomic E-state index is 0.178. The van der Waals surface area contributed by atoms with Crippen LogP contribution in [0.15, 0.2) is 22.7 Å². The van der Waals surface area contributed by atoms with E-state index in [1.807, 2.05) is 0 Å². The zero-order valence-corrected chi connectivity index (χ0v) is 13.2. The van der Waals surface area contributed by atoms with Crippen LogP contribution in [-0.2, 0) is 6.42 Å². The summed E-state index contributed by atoms with van der Waals surface area (Å²) in [7, 11) is 0. The molecular weight excluding hydrogens is 307 g/mol. The van der Waals surface area contributed by atoms with Gasteiger partial charge < -0.3 is 5.11 Å². The molecule has 0 aromatic heterocycles. The van der Waals surface area contributed by atoms with E-state index in [4.69, 9.17) is 0 Å². The maximum atomic E-state index is 13.3. The summed E-state index contributed by atoms with van der Waals surface area (Å²) in [5, 5.41) is 10.5.